The van der Waals surface area contributed by atoms with Gasteiger partial charge in [0, 0.05) is 57.4 Å². The molecule has 2 aromatic heterocycles. The number of nitrogens with zero attached hydrogens (tertiary/aromatic N) is 6. The Morgan fingerprint density at radius 2 is 1.76 bits per heavy atom. The van der Waals surface area contributed by atoms with Crippen LogP contribution in [0.4, 0.5) is 10.2 Å². The van der Waals surface area contributed by atoms with Crippen LogP contribution in [0.25, 0.3) is 11.8 Å². The van der Waals surface area contributed by atoms with Crippen LogP contribution in [0.5, 0.6) is 0 Å². The standard InChI is InChI=1S/C30H35FN6O4S/c31-23-1-3-24(4-2-23)37-28-13-22-7-12-36(20-30(22,14-21(28)15-33-37)19-34-10-8-25(38)17-34)42(40,41)27-5-6-29(32-16-27)35-11-9-26(39)18-35/h1-6,13,15-16,25-26,38-39H,7-12,14,17-20H2/t25-,26+,30-/m0/s1. The van der Waals surface area contributed by atoms with Crippen LogP contribution in [0.1, 0.15) is 30.5 Å². The fraction of sp³-hybridized carbons (Fsp3) is 0.467. The van der Waals surface area contributed by atoms with Crippen molar-refractivity contribution in [3.05, 3.63) is 71.4 Å². The highest BCUT2D eigenvalue weighted by Crippen LogP contribution is 2.46. The maximum absolute atomic E-state index is 14.0. The van der Waals surface area contributed by atoms with E-state index >= 15 is 0 Å². The molecule has 3 aromatic rings. The summed E-state index contributed by atoms with van der Waals surface area (Å²) in [5.41, 5.74) is 3.42. The lowest BCUT2D eigenvalue weighted by atomic mass is 9.68. The number of aliphatic hydroxyl groups is 2. The molecule has 4 aliphatic rings. The molecule has 222 valence electrons. The summed E-state index contributed by atoms with van der Waals surface area (Å²) >= 11 is 0. The van der Waals surface area contributed by atoms with Crippen LogP contribution < -0.4 is 4.90 Å². The minimum atomic E-state index is -3.81. The Morgan fingerprint density at radius 3 is 2.45 bits per heavy atom. The van der Waals surface area contributed by atoms with Gasteiger partial charge in [-0.3, -0.25) is 4.90 Å². The van der Waals surface area contributed by atoms with Gasteiger partial charge in [-0.15, -0.1) is 0 Å². The highest BCUT2D eigenvalue weighted by molar-refractivity contribution is 7.89. The van der Waals surface area contributed by atoms with Crippen LogP contribution in [0.2, 0.25) is 0 Å². The number of aliphatic hydroxyl groups excluding tert-OH is 2. The lowest BCUT2D eigenvalue weighted by molar-refractivity contribution is 0.126. The van der Waals surface area contributed by atoms with Crippen LogP contribution in [0, 0.1) is 11.2 Å². The fourth-order valence-electron chi connectivity index (χ4n) is 7.03. The number of anilines is 1. The Morgan fingerprint density at radius 1 is 0.976 bits per heavy atom. The number of rotatable bonds is 6. The van der Waals surface area contributed by atoms with Crippen molar-refractivity contribution in [2.45, 2.75) is 42.8 Å². The van der Waals surface area contributed by atoms with Crippen molar-refractivity contribution in [2.75, 3.05) is 50.7 Å². The molecule has 0 amide bonds. The highest BCUT2D eigenvalue weighted by Gasteiger charge is 2.47. The molecule has 12 heteroatoms. The largest absolute Gasteiger partial charge is 0.392 e. The Bertz CT molecular complexity index is 1610. The van der Waals surface area contributed by atoms with Crippen molar-refractivity contribution in [2.24, 2.45) is 5.41 Å². The molecule has 7 rings (SSSR count). The van der Waals surface area contributed by atoms with E-state index in [2.05, 4.69) is 21.1 Å². The van der Waals surface area contributed by atoms with Crippen molar-refractivity contribution in [3.63, 3.8) is 0 Å². The van der Waals surface area contributed by atoms with Crippen molar-refractivity contribution < 1.29 is 23.0 Å². The van der Waals surface area contributed by atoms with E-state index in [-0.39, 0.29) is 16.8 Å². The molecule has 3 aliphatic heterocycles. The number of likely N-dealkylation sites (tertiary alicyclic amines) is 1. The van der Waals surface area contributed by atoms with E-state index in [0.717, 1.165) is 23.5 Å². The molecular weight excluding hydrogens is 559 g/mol. The molecule has 5 heterocycles. The summed E-state index contributed by atoms with van der Waals surface area (Å²) < 4.78 is 44.9. The molecular formula is C30H35FN6O4S. The molecule has 0 spiro atoms. The molecule has 0 saturated carbocycles. The quantitative estimate of drug-likeness (QED) is 0.446. The average molecular weight is 595 g/mol. The third-order valence-corrected chi connectivity index (χ3v) is 11.0. The van der Waals surface area contributed by atoms with Crippen molar-refractivity contribution in [1.29, 1.82) is 0 Å². The molecule has 0 bridgehead atoms. The van der Waals surface area contributed by atoms with Gasteiger partial charge in [-0.1, -0.05) is 5.57 Å². The lowest BCUT2D eigenvalue weighted by Crippen LogP contribution is -2.53. The van der Waals surface area contributed by atoms with Gasteiger partial charge in [0.15, 0.2) is 0 Å². The molecule has 42 heavy (non-hydrogen) atoms. The van der Waals surface area contributed by atoms with Crippen LogP contribution >= 0.6 is 0 Å². The molecule has 1 aliphatic carbocycles. The van der Waals surface area contributed by atoms with Crippen LogP contribution in [0.15, 0.2) is 59.3 Å². The molecule has 2 N–H and O–H groups in total. The van der Waals surface area contributed by atoms with Crippen molar-refractivity contribution in [1.82, 2.24) is 24.0 Å². The first-order valence-corrected chi connectivity index (χ1v) is 16.0. The zero-order valence-corrected chi connectivity index (χ0v) is 24.1. The number of halogens is 1. The minimum absolute atomic E-state index is 0.158. The number of β-amino-alcohol motifs (C(OH)–C–C–N with tert-alkyl or cyclic N) is 2. The summed E-state index contributed by atoms with van der Waals surface area (Å²) in [7, 11) is -3.81. The zero-order valence-electron chi connectivity index (χ0n) is 23.3. The van der Waals surface area contributed by atoms with Crippen molar-refractivity contribution in [3.8, 4) is 5.69 Å². The van der Waals surface area contributed by atoms with E-state index in [9.17, 15) is 23.0 Å². The van der Waals surface area contributed by atoms with Crippen LogP contribution in [-0.2, 0) is 16.4 Å². The van der Waals surface area contributed by atoms with Crippen molar-refractivity contribution >= 4 is 21.9 Å². The summed E-state index contributed by atoms with van der Waals surface area (Å²) in [4.78, 5) is 8.80. The summed E-state index contributed by atoms with van der Waals surface area (Å²) in [6.07, 6.45) is 7.20. The third kappa shape index (κ3) is 4.94. The number of sulfonamides is 1. The number of aromatic nitrogens is 3. The van der Waals surface area contributed by atoms with E-state index in [1.807, 2.05) is 15.8 Å². The molecule has 3 atom stereocenters. The predicted molar refractivity (Wildman–Crippen MR) is 155 cm³/mol. The Hall–Kier alpha value is -3.16. The molecule has 10 nitrogen and oxygen atoms in total. The first-order valence-electron chi connectivity index (χ1n) is 14.5. The minimum Gasteiger partial charge on any atom is -0.392 e. The molecule has 0 radical (unpaired) electrons. The van der Waals surface area contributed by atoms with Gasteiger partial charge in [0.05, 0.1) is 29.8 Å². The number of hydrogen-bond donors (Lipinski definition) is 2. The van der Waals surface area contributed by atoms with E-state index < -0.39 is 21.5 Å². The average Bonchev–Trinajstić information content (AvgIpc) is 3.71. The number of pyridine rings is 1. The SMILES string of the molecule is O=S(=O)(c1ccc(N2CC[C@@H](O)C2)nc1)N1CCC2=Cc3c(cnn3-c3ccc(F)cc3)C[C@]2(CN2CC[C@H](O)C2)C1. The Kier molecular flexibility index (Phi) is 6.93. The molecule has 3 saturated heterocycles. The van der Waals surface area contributed by atoms with E-state index in [1.165, 1.54) is 23.9 Å². The first kappa shape index (κ1) is 27.7. The molecule has 3 fully saturated rings. The van der Waals surface area contributed by atoms with Gasteiger partial charge in [0.1, 0.15) is 16.5 Å². The Labute approximate surface area is 244 Å². The Balaban J connectivity index is 1.19. The van der Waals surface area contributed by atoms with E-state index in [1.54, 1.807) is 28.6 Å². The summed E-state index contributed by atoms with van der Waals surface area (Å²) in [5, 5.41) is 24.7. The maximum Gasteiger partial charge on any atom is 0.244 e. The first-order chi connectivity index (χ1) is 20.2. The van der Waals surface area contributed by atoms with E-state index in [0.29, 0.717) is 70.8 Å². The molecule has 1 aromatic carbocycles. The van der Waals surface area contributed by atoms with Gasteiger partial charge < -0.3 is 15.1 Å². The smallest absolute Gasteiger partial charge is 0.244 e. The van der Waals surface area contributed by atoms with Gasteiger partial charge in [0.25, 0.3) is 0 Å². The summed E-state index contributed by atoms with van der Waals surface area (Å²) in [5.74, 6) is 0.356. The number of piperidine rings is 1. The molecule has 0 unspecified atom stereocenters. The van der Waals surface area contributed by atoms with Gasteiger partial charge >= 0.3 is 0 Å². The van der Waals surface area contributed by atoms with Gasteiger partial charge in [-0.25, -0.2) is 22.5 Å². The second-order valence-corrected chi connectivity index (χ2v) is 14.0. The topological polar surface area (TPSA) is 115 Å². The number of fused-ring (bicyclic) bond motifs is 2. The summed E-state index contributed by atoms with van der Waals surface area (Å²) in [6.45, 7) is 3.81. The summed E-state index contributed by atoms with van der Waals surface area (Å²) in [6, 6.07) is 9.58. The van der Waals surface area contributed by atoms with Crippen LogP contribution in [-0.4, -0.2) is 101 Å². The van der Waals surface area contributed by atoms with Gasteiger partial charge in [-0.2, -0.15) is 9.40 Å². The van der Waals surface area contributed by atoms with Gasteiger partial charge in [0.2, 0.25) is 10.0 Å². The lowest BCUT2D eigenvalue weighted by Gasteiger charge is -2.47. The fourth-order valence-corrected chi connectivity index (χ4v) is 8.50. The van der Waals surface area contributed by atoms with E-state index in [4.69, 9.17) is 0 Å². The number of hydrogen-bond acceptors (Lipinski definition) is 8. The number of benzene rings is 1. The monoisotopic (exact) mass is 594 g/mol. The normalized spacial score (nSPS) is 26.7. The second-order valence-electron chi connectivity index (χ2n) is 12.1. The zero-order chi connectivity index (χ0) is 29.1. The second kappa shape index (κ2) is 10.5. The van der Waals surface area contributed by atoms with Crippen LogP contribution in [0.3, 0.4) is 0 Å². The van der Waals surface area contributed by atoms with Gasteiger partial charge in [-0.05, 0) is 73.7 Å². The maximum atomic E-state index is 14.0. The predicted octanol–water partition coefficient (Wildman–Crippen LogP) is 2.06. The highest BCUT2D eigenvalue weighted by atomic mass is 32.2. The third-order valence-electron chi connectivity index (χ3n) is 9.21.